The Labute approximate surface area is 188 Å². The second kappa shape index (κ2) is 9.73. The van der Waals surface area contributed by atoms with Crippen LogP contribution in [0.5, 0.6) is 0 Å². The summed E-state index contributed by atoms with van der Waals surface area (Å²) in [5.74, 6) is 3.04. The fraction of sp³-hybridized carbons (Fsp3) is 0.500. The molecule has 0 amide bonds. The summed E-state index contributed by atoms with van der Waals surface area (Å²) in [6.45, 7) is 12.9. The first-order chi connectivity index (χ1) is 15.4. The van der Waals surface area contributed by atoms with E-state index < -0.39 is 0 Å². The molecule has 8 heteroatoms. The van der Waals surface area contributed by atoms with E-state index in [-0.39, 0.29) is 5.82 Å². The van der Waals surface area contributed by atoms with Crippen molar-refractivity contribution in [2.45, 2.75) is 46.5 Å². The van der Waals surface area contributed by atoms with E-state index >= 15 is 0 Å². The van der Waals surface area contributed by atoms with Gasteiger partial charge in [0.2, 0.25) is 11.7 Å². The number of rotatable bonds is 7. The molecule has 4 rings (SSSR count). The zero-order chi connectivity index (χ0) is 22.7. The smallest absolute Gasteiger partial charge is 0.227 e. The third-order valence-electron chi connectivity index (χ3n) is 5.83. The number of anilines is 1. The summed E-state index contributed by atoms with van der Waals surface area (Å²) >= 11 is 0. The first kappa shape index (κ1) is 22.3. The normalized spacial score (nSPS) is 15.0. The molecule has 1 aromatic carbocycles. The summed E-state index contributed by atoms with van der Waals surface area (Å²) in [6, 6.07) is 7.07. The van der Waals surface area contributed by atoms with Gasteiger partial charge in [0.25, 0.3) is 0 Å². The average Bonchev–Trinajstić information content (AvgIpc) is 3.24. The van der Waals surface area contributed by atoms with Gasteiger partial charge in [0, 0.05) is 55.8 Å². The minimum atomic E-state index is -0.259. The minimum absolute atomic E-state index is 0.259. The second-order valence-electron chi connectivity index (χ2n) is 8.79. The topological polar surface area (TPSA) is 71.2 Å². The van der Waals surface area contributed by atoms with Gasteiger partial charge in [-0.15, -0.1) is 0 Å². The maximum absolute atomic E-state index is 13.8. The molecule has 0 N–H and O–H groups in total. The predicted molar refractivity (Wildman–Crippen MR) is 122 cm³/mol. The molecule has 2 aromatic heterocycles. The van der Waals surface area contributed by atoms with E-state index in [9.17, 15) is 4.39 Å². The molecule has 0 unspecified atom stereocenters. The van der Waals surface area contributed by atoms with Gasteiger partial charge in [0.05, 0.1) is 0 Å². The van der Waals surface area contributed by atoms with Crippen LogP contribution in [0.1, 0.15) is 49.2 Å². The van der Waals surface area contributed by atoms with Crippen molar-refractivity contribution < 1.29 is 8.91 Å². The fourth-order valence-corrected chi connectivity index (χ4v) is 3.85. The van der Waals surface area contributed by atoms with Crippen molar-refractivity contribution in [2.75, 3.05) is 37.6 Å². The number of aryl methyl sites for hydroxylation is 3. The summed E-state index contributed by atoms with van der Waals surface area (Å²) < 4.78 is 19.2. The summed E-state index contributed by atoms with van der Waals surface area (Å²) in [7, 11) is 0. The van der Waals surface area contributed by atoms with Gasteiger partial charge in [-0.3, -0.25) is 4.90 Å². The van der Waals surface area contributed by atoms with Gasteiger partial charge in [-0.1, -0.05) is 31.1 Å². The Bertz CT molecular complexity index is 1060. The van der Waals surface area contributed by atoms with E-state index in [0.29, 0.717) is 35.2 Å². The number of piperazine rings is 1. The van der Waals surface area contributed by atoms with Crippen LogP contribution < -0.4 is 4.90 Å². The lowest BCUT2D eigenvalue weighted by molar-refractivity contribution is 0.250. The van der Waals surface area contributed by atoms with Crippen LogP contribution >= 0.6 is 0 Å². The Balaban J connectivity index is 1.25. The molecule has 3 aromatic rings. The SMILES string of the molecule is Cc1cc(N2CCN(CCCc3nc(-c4ccc(C)c(F)c4)no3)CC2)nc(C(C)C)n1. The van der Waals surface area contributed by atoms with Gasteiger partial charge in [0.15, 0.2) is 0 Å². The third-order valence-corrected chi connectivity index (χ3v) is 5.83. The van der Waals surface area contributed by atoms with Gasteiger partial charge >= 0.3 is 0 Å². The van der Waals surface area contributed by atoms with Crippen molar-refractivity contribution in [2.24, 2.45) is 0 Å². The number of hydrogen-bond acceptors (Lipinski definition) is 7. The molecule has 170 valence electrons. The van der Waals surface area contributed by atoms with Crippen LogP contribution in [0.25, 0.3) is 11.4 Å². The maximum Gasteiger partial charge on any atom is 0.227 e. The lowest BCUT2D eigenvalue weighted by atomic mass is 10.1. The molecule has 0 spiro atoms. The quantitative estimate of drug-likeness (QED) is 0.548. The standard InChI is InChI=1S/C24H31FN6O/c1-16(2)23-26-18(4)14-21(27-23)31-12-10-30(11-13-31)9-5-6-22-28-24(29-32-22)19-8-7-17(3)20(25)15-19/h7-8,14-16H,5-6,9-13H2,1-4H3. The van der Waals surface area contributed by atoms with Crippen molar-refractivity contribution >= 4 is 5.82 Å². The minimum Gasteiger partial charge on any atom is -0.354 e. The Hall–Kier alpha value is -2.87. The predicted octanol–water partition coefficient (Wildman–Crippen LogP) is 4.16. The van der Waals surface area contributed by atoms with Crippen molar-refractivity contribution in [1.82, 2.24) is 25.0 Å². The summed E-state index contributed by atoms with van der Waals surface area (Å²) in [5, 5.41) is 4.01. The van der Waals surface area contributed by atoms with Crippen LogP contribution in [0.15, 0.2) is 28.8 Å². The third kappa shape index (κ3) is 5.30. The van der Waals surface area contributed by atoms with E-state index in [1.54, 1.807) is 13.0 Å². The number of hydrogen-bond donors (Lipinski definition) is 0. The zero-order valence-corrected chi connectivity index (χ0v) is 19.3. The second-order valence-corrected chi connectivity index (χ2v) is 8.79. The van der Waals surface area contributed by atoms with Crippen LogP contribution in [0.3, 0.4) is 0 Å². The fourth-order valence-electron chi connectivity index (χ4n) is 3.85. The molecule has 1 aliphatic rings. The molecule has 0 saturated carbocycles. The van der Waals surface area contributed by atoms with E-state index in [0.717, 1.165) is 56.5 Å². The van der Waals surface area contributed by atoms with Crippen LogP contribution in [-0.4, -0.2) is 57.7 Å². The molecule has 1 saturated heterocycles. The lowest BCUT2D eigenvalue weighted by Gasteiger charge is -2.35. The Morgan fingerprint density at radius 2 is 1.81 bits per heavy atom. The average molecular weight is 439 g/mol. The first-order valence-electron chi connectivity index (χ1n) is 11.3. The Kier molecular flexibility index (Phi) is 6.79. The molecule has 32 heavy (non-hydrogen) atoms. The van der Waals surface area contributed by atoms with Crippen LogP contribution in [0.4, 0.5) is 10.2 Å². The van der Waals surface area contributed by atoms with Crippen LogP contribution in [0, 0.1) is 19.7 Å². The van der Waals surface area contributed by atoms with Gasteiger partial charge < -0.3 is 9.42 Å². The van der Waals surface area contributed by atoms with Crippen LogP contribution in [-0.2, 0) is 6.42 Å². The molecular formula is C24H31FN6O. The molecule has 0 aliphatic carbocycles. The first-order valence-corrected chi connectivity index (χ1v) is 11.3. The number of aromatic nitrogens is 4. The largest absolute Gasteiger partial charge is 0.354 e. The Morgan fingerprint density at radius 1 is 1.03 bits per heavy atom. The summed E-state index contributed by atoms with van der Waals surface area (Å²) in [5.41, 5.74) is 2.26. The highest BCUT2D eigenvalue weighted by Gasteiger charge is 2.19. The maximum atomic E-state index is 13.8. The molecule has 0 atom stereocenters. The zero-order valence-electron chi connectivity index (χ0n) is 19.3. The van der Waals surface area contributed by atoms with E-state index in [1.807, 2.05) is 13.0 Å². The molecule has 1 aliphatic heterocycles. The monoisotopic (exact) mass is 438 g/mol. The van der Waals surface area contributed by atoms with Crippen molar-refractivity contribution in [3.8, 4) is 11.4 Å². The van der Waals surface area contributed by atoms with E-state index in [2.05, 4.69) is 44.8 Å². The molecule has 1 fully saturated rings. The van der Waals surface area contributed by atoms with E-state index in [4.69, 9.17) is 9.51 Å². The van der Waals surface area contributed by atoms with Crippen LogP contribution in [0.2, 0.25) is 0 Å². The van der Waals surface area contributed by atoms with Gasteiger partial charge in [-0.05, 0) is 38.4 Å². The highest BCUT2D eigenvalue weighted by atomic mass is 19.1. The highest BCUT2D eigenvalue weighted by Crippen LogP contribution is 2.20. The van der Waals surface area contributed by atoms with Crippen molar-refractivity contribution in [1.29, 1.82) is 0 Å². The number of halogens is 1. The Morgan fingerprint density at radius 3 is 2.53 bits per heavy atom. The van der Waals surface area contributed by atoms with Gasteiger partial charge in [0.1, 0.15) is 17.5 Å². The molecule has 0 radical (unpaired) electrons. The van der Waals surface area contributed by atoms with E-state index in [1.165, 1.54) is 6.07 Å². The van der Waals surface area contributed by atoms with Gasteiger partial charge in [-0.2, -0.15) is 4.98 Å². The highest BCUT2D eigenvalue weighted by molar-refractivity contribution is 5.54. The van der Waals surface area contributed by atoms with Crippen molar-refractivity contribution in [3.05, 3.63) is 53.1 Å². The molecular weight excluding hydrogens is 407 g/mol. The summed E-state index contributed by atoms with van der Waals surface area (Å²) in [6.07, 6.45) is 1.65. The molecule has 7 nitrogen and oxygen atoms in total. The number of nitrogens with zero attached hydrogens (tertiary/aromatic N) is 6. The lowest BCUT2D eigenvalue weighted by Crippen LogP contribution is -2.47. The van der Waals surface area contributed by atoms with Gasteiger partial charge in [-0.25, -0.2) is 14.4 Å². The molecule has 0 bridgehead atoms. The number of benzene rings is 1. The summed E-state index contributed by atoms with van der Waals surface area (Å²) in [4.78, 5) is 18.6. The molecule has 3 heterocycles. The van der Waals surface area contributed by atoms with Crippen molar-refractivity contribution in [3.63, 3.8) is 0 Å².